The summed E-state index contributed by atoms with van der Waals surface area (Å²) in [6.07, 6.45) is 0. The normalized spacial score (nSPS) is 16.3. The molecule has 0 saturated heterocycles. The first-order chi connectivity index (χ1) is 14.6. The Kier molecular flexibility index (Phi) is 6.96. The van der Waals surface area contributed by atoms with Gasteiger partial charge in [-0.1, -0.05) is 12.1 Å². The molecular weight excluding hydrogens is 550 g/mol. The van der Waals surface area contributed by atoms with Crippen LogP contribution in [-0.2, 0) is 39.9 Å². The van der Waals surface area contributed by atoms with E-state index in [1.54, 1.807) is 0 Å². The van der Waals surface area contributed by atoms with Gasteiger partial charge in [0.05, 0.1) is 29.4 Å². The number of rotatable bonds is 2. The summed E-state index contributed by atoms with van der Waals surface area (Å²) in [6.45, 7) is 0. The van der Waals surface area contributed by atoms with E-state index >= 15 is 0 Å². The monoisotopic (exact) mass is 560 g/mol. The van der Waals surface area contributed by atoms with Crippen LogP contribution in [-0.4, -0.2) is 102 Å². The Morgan fingerprint density at radius 2 is 0.824 bits per heavy atom. The minimum atomic E-state index is -4.68. The molecule has 2 aliphatic rings. The molecule has 2 aliphatic heterocycles. The maximum atomic E-state index is 13.0. The molecule has 2 N–H and O–H groups in total. The Hall–Kier alpha value is -0.620. The van der Waals surface area contributed by atoms with E-state index in [1.165, 1.54) is 18.2 Å². The molecule has 16 heteroatoms. The second kappa shape index (κ2) is 8.46. The second-order valence-electron chi connectivity index (χ2n) is 7.12. The van der Waals surface area contributed by atoms with Gasteiger partial charge in [-0.3, -0.25) is 9.11 Å². The van der Waals surface area contributed by atoms with Crippen LogP contribution in [0.3, 0.4) is 0 Å². The second-order valence-corrected chi connectivity index (χ2v) is 13.7. The van der Waals surface area contributed by atoms with Crippen molar-refractivity contribution in [3.8, 4) is 22.3 Å². The molecule has 2 heterocycles. The first-order valence-electron chi connectivity index (χ1n) is 8.55. The molecule has 5 rings (SSSR count). The van der Waals surface area contributed by atoms with Crippen molar-refractivity contribution in [1.82, 2.24) is 0 Å². The summed E-state index contributed by atoms with van der Waals surface area (Å²) in [7, 11) is -18.0. The van der Waals surface area contributed by atoms with Crippen molar-refractivity contribution in [3.05, 3.63) is 48.5 Å². The van der Waals surface area contributed by atoms with Crippen molar-refractivity contribution in [2.75, 3.05) is 0 Å². The van der Waals surface area contributed by atoms with E-state index < -0.39 is 59.5 Å². The number of fused-ring (bicyclic) bond motifs is 6. The van der Waals surface area contributed by atoms with Gasteiger partial charge in [-0.2, -0.15) is 16.8 Å². The molecule has 3 aromatic carbocycles. The minimum absolute atomic E-state index is 0. The van der Waals surface area contributed by atoms with E-state index in [1.807, 2.05) is 0 Å². The zero-order chi connectivity index (χ0) is 23.4. The van der Waals surface area contributed by atoms with E-state index in [2.05, 4.69) is 0 Å². The molecule has 0 bridgehead atoms. The smallest absolute Gasteiger partial charge is 0.282 e. The van der Waals surface area contributed by atoms with E-state index in [4.69, 9.17) is 0 Å². The standard InChI is InChI=1S/C18H10O10S4.2Na/c19-29(20)15-5-9(31(23,24)25)1-3-11(15)13-7-14-12-4-2-10(32(26,27)28)6-16(12)30(21,22)18(14)8-17(13)29;;/h1-8H,(H,23,24,25)(H,26,27,28);;. The summed E-state index contributed by atoms with van der Waals surface area (Å²) >= 11 is 0. The largest absolute Gasteiger partial charge is 0.294 e. The summed E-state index contributed by atoms with van der Waals surface area (Å²) in [5, 5.41) is 0. The van der Waals surface area contributed by atoms with Crippen LogP contribution < -0.4 is 0 Å². The van der Waals surface area contributed by atoms with Crippen LogP contribution in [0.2, 0.25) is 0 Å². The van der Waals surface area contributed by atoms with Gasteiger partial charge in [0.25, 0.3) is 20.2 Å². The molecule has 0 fully saturated rings. The molecule has 10 nitrogen and oxygen atoms in total. The minimum Gasteiger partial charge on any atom is -0.282 e. The van der Waals surface area contributed by atoms with Gasteiger partial charge in [-0.15, -0.1) is 0 Å². The first kappa shape index (κ1) is 28.0. The number of benzene rings is 3. The molecule has 0 atom stereocenters. The Balaban J connectivity index is 0.00000162. The summed E-state index contributed by atoms with van der Waals surface area (Å²) < 4.78 is 116. The van der Waals surface area contributed by atoms with E-state index in [-0.39, 0.29) is 91.2 Å². The van der Waals surface area contributed by atoms with Gasteiger partial charge in [-0.05, 0) is 36.4 Å². The fourth-order valence-electron chi connectivity index (χ4n) is 3.88. The van der Waals surface area contributed by atoms with Gasteiger partial charge in [0.2, 0.25) is 19.7 Å². The maximum absolute atomic E-state index is 13.0. The van der Waals surface area contributed by atoms with Crippen molar-refractivity contribution in [3.63, 3.8) is 0 Å². The van der Waals surface area contributed by atoms with Crippen LogP contribution in [0.15, 0.2) is 77.9 Å². The molecule has 0 spiro atoms. The van der Waals surface area contributed by atoms with Crippen molar-refractivity contribution < 1.29 is 42.8 Å². The van der Waals surface area contributed by atoms with Crippen LogP contribution in [0.5, 0.6) is 0 Å². The van der Waals surface area contributed by atoms with E-state index in [0.717, 1.165) is 30.3 Å². The maximum Gasteiger partial charge on any atom is 0.294 e. The Bertz CT molecular complexity index is 1710. The quantitative estimate of drug-likeness (QED) is 0.234. The molecule has 2 radical (unpaired) electrons. The Labute approximate surface area is 239 Å². The molecular formula is C18H10Na2O10S4. The molecule has 3 aromatic rings. The van der Waals surface area contributed by atoms with Crippen LogP contribution in [0.1, 0.15) is 0 Å². The molecule has 0 unspecified atom stereocenters. The topological polar surface area (TPSA) is 177 Å². The van der Waals surface area contributed by atoms with Gasteiger partial charge in [0, 0.05) is 81.4 Å². The third kappa shape index (κ3) is 3.97. The van der Waals surface area contributed by atoms with Crippen molar-refractivity contribution in [2.24, 2.45) is 0 Å². The van der Waals surface area contributed by atoms with E-state index in [0.29, 0.717) is 0 Å². The fourth-order valence-corrected chi connectivity index (χ4v) is 8.55. The van der Waals surface area contributed by atoms with Crippen LogP contribution in [0.4, 0.5) is 0 Å². The summed E-state index contributed by atoms with van der Waals surface area (Å²) in [5.74, 6) is 0. The summed E-state index contributed by atoms with van der Waals surface area (Å²) in [5.41, 5.74) is 0.497. The number of hydrogen-bond acceptors (Lipinski definition) is 8. The Morgan fingerprint density at radius 1 is 0.500 bits per heavy atom. The predicted molar refractivity (Wildman–Crippen MR) is 119 cm³/mol. The SMILES string of the molecule is O=S(=O)(O)c1ccc2c(c1)S(=O)(=O)c1cc3c(cc1-2)-c1ccc(S(=O)(=O)O)cc1S3(=O)=O.[Na].[Na]. The van der Waals surface area contributed by atoms with Gasteiger partial charge in [0.15, 0.2) is 0 Å². The van der Waals surface area contributed by atoms with E-state index in [9.17, 15) is 42.8 Å². The summed E-state index contributed by atoms with van der Waals surface area (Å²) in [4.78, 5) is -2.79. The molecule has 168 valence electrons. The van der Waals surface area contributed by atoms with Crippen LogP contribution >= 0.6 is 0 Å². The van der Waals surface area contributed by atoms with Gasteiger partial charge < -0.3 is 0 Å². The first-order valence-corrected chi connectivity index (χ1v) is 14.4. The zero-order valence-electron chi connectivity index (χ0n) is 17.4. The van der Waals surface area contributed by atoms with Gasteiger partial charge in [-0.25, -0.2) is 16.8 Å². The number of sulfone groups is 2. The third-order valence-corrected chi connectivity index (χ3v) is 10.7. The van der Waals surface area contributed by atoms with Crippen molar-refractivity contribution in [1.29, 1.82) is 0 Å². The number of hydrogen-bond donors (Lipinski definition) is 2. The fraction of sp³-hybridized carbons (Fsp3) is 0. The molecule has 0 saturated carbocycles. The van der Waals surface area contributed by atoms with Crippen LogP contribution in [0.25, 0.3) is 22.3 Å². The average molecular weight is 561 g/mol. The van der Waals surface area contributed by atoms with Crippen molar-refractivity contribution in [2.45, 2.75) is 29.4 Å². The average Bonchev–Trinajstić information content (AvgIpc) is 3.05. The molecule has 34 heavy (non-hydrogen) atoms. The van der Waals surface area contributed by atoms with Crippen molar-refractivity contribution >= 4 is 99.0 Å². The predicted octanol–water partition coefficient (Wildman–Crippen LogP) is 1.04. The van der Waals surface area contributed by atoms with Gasteiger partial charge in [0.1, 0.15) is 0 Å². The molecule has 0 amide bonds. The molecule has 0 aliphatic carbocycles. The molecule has 0 aromatic heterocycles. The van der Waals surface area contributed by atoms with Gasteiger partial charge >= 0.3 is 0 Å². The van der Waals surface area contributed by atoms with Crippen LogP contribution in [0, 0.1) is 0 Å². The Morgan fingerprint density at radius 3 is 1.15 bits per heavy atom. The third-order valence-electron chi connectivity index (χ3n) is 5.32. The summed E-state index contributed by atoms with van der Waals surface area (Å²) in [6, 6.07) is 8.29. The zero-order valence-corrected chi connectivity index (χ0v) is 24.7.